The van der Waals surface area contributed by atoms with Crippen molar-refractivity contribution >= 4 is 46.8 Å². The molecule has 2 aromatic rings. The lowest BCUT2D eigenvalue weighted by molar-refractivity contribution is -0.137. The summed E-state index contributed by atoms with van der Waals surface area (Å²) in [5.74, 6) is -1.15. The Bertz CT molecular complexity index is 915. The van der Waals surface area contributed by atoms with E-state index in [1.807, 2.05) is 6.07 Å². The van der Waals surface area contributed by atoms with Crippen LogP contribution in [0, 0.1) is 11.3 Å². The Morgan fingerprint density at radius 2 is 1.89 bits per heavy atom. The number of hydrogen-bond acceptors (Lipinski definition) is 4. The number of anilines is 1. The molecule has 0 unspecified atom stereocenters. The fourth-order valence-corrected chi connectivity index (χ4v) is 2.62. The molecule has 0 aliphatic rings. The number of hydrogen-bond donors (Lipinski definition) is 2. The van der Waals surface area contributed by atoms with Gasteiger partial charge in [-0.1, -0.05) is 35.3 Å². The monoisotopic (exact) mass is 404 g/mol. The van der Waals surface area contributed by atoms with Gasteiger partial charge in [-0.15, -0.1) is 0 Å². The molecule has 0 spiro atoms. The fraction of sp³-hybridized carbons (Fsp3) is 0.105. The second-order valence-electron chi connectivity index (χ2n) is 5.35. The molecule has 0 fully saturated rings. The number of carboxylic acid groups (broad SMARTS) is 1. The zero-order valence-corrected chi connectivity index (χ0v) is 15.4. The van der Waals surface area contributed by atoms with E-state index in [0.717, 1.165) is 0 Å². The lowest BCUT2D eigenvalue weighted by Crippen LogP contribution is -2.13. The van der Waals surface area contributed by atoms with E-state index < -0.39 is 11.9 Å². The van der Waals surface area contributed by atoms with E-state index in [9.17, 15) is 14.9 Å². The largest absolute Gasteiger partial charge is 0.493 e. The van der Waals surface area contributed by atoms with Gasteiger partial charge in [0.1, 0.15) is 17.4 Å². The van der Waals surface area contributed by atoms with Gasteiger partial charge in [-0.2, -0.15) is 5.26 Å². The number of benzene rings is 2. The van der Waals surface area contributed by atoms with Gasteiger partial charge in [-0.05, 0) is 42.0 Å². The van der Waals surface area contributed by atoms with Crippen LogP contribution in [0.3, 0.4) is 0 Å². The van der Waals surface area contributed by atoms with Crippen LogP contribution in [0.4, 0.5) is 5.69 Å². The van der Waals surface area contributed by atoms with Crippen LogP contribution in [0.15, 0.2) is 48.0 Å². The van der Waals surface area contributed by atoms with Crippen molar-refractivity contribution in [1.29, 1.82) is 5.26 Å². The number of ether oxygens (including phenoxy) is 1. The highest BCUT2D eigenvalue weighted by molar-refractivity contribution is 6.35. The molecular weight excluding hydrogens is 391 g/mol. The third kappa shape index (κ3) is 6.66. The summed E-state index contributed by atoms with van der Waals surface area (Å²) in [7, 11) is 0. The van der Waals surface area contributed by atoms with Gasteiger partial charge in [0.25, 0.3) is 5.91 Å². The Labute approximate surface area is 165 Å². The molecule has 138 valence electrons. The van der Waals surface area contributed by atoms with Crippen molar-refractivity contribution in [3.8, 4) is 11.8 Å². The van der Waals surface area contributed by atoms with E-state index in [4.69, 9.17) is 33.0 Å². The number of rotatable bonds is 7. The average molecular weight is 405 g/mol. The zero-order chi connectivity index (χ0) is 19.8. The van der Waals surface area contributed by atoms with Crippen LogP contribution >= 0.6 is 23.2 Å². The molecule has 0 radical (unpaired) electrons. The van der Waals surface area contributed by atoms with Crippen LogP contribution in [-0.4, -0.2) is 23.6 Å². The predicted molar refractivity (Wildman–Crippen MR) is 103 cm³/mol. The number of nitrogens with zero attached hydrogens (tertiary/aromatic N) is 1. The lowest BCUT2D eigenvalue weighted by atomic mass is 10.1. The van der Waals surface area contributed by atoms with Gasteiger partial charge < -0.3 is 15.2 Å². The van der Waals surface area contributed by atoms with E-state index in [-0.39, 0.29) is 18.6 Å². The van der Waals surface area contributed by atoms with Crippen LogP contribution in [0.2, 0.25) is 10.0 Å². The number of nitriles is 1. The van der Waals surface area contributed by atoms with Gasteiger partial charge in [-0.3, -0.25) is 9.59 Å². The SMILES string of the molecule is N#C/C(=C\c1cccc(OCCC(=O)O)c1)C(=O)Nc1cc(Cl)cc(Cl)c1. The summed E-state index contributed by atoms with van der Waals surface area (Å²) in [5, 5.41) is 21.2. The first-order valence-electron chi connectivity index (χ1n) is 7.71. The minimum atomic E-state index is -0.962. The zero-order valence-electron chi connectivity index (χ0n) is 13.9. The summed E-state index contributed by atoms with van der Waals surface area (Å²) in [6.07, 6.45) is 1.26. The van der Waals surface area contributed by atoms with Crippen LogP contribution in [0.1, 0.15) is 12.0 Å². The number of halogens is 2. The smallest absolute Gasteiger partial charge is 0.306 e. The molecule has 0 saturated carbocycles. The van der Waals surface area contributed by atoms with E-state index in [1.54, 1.807) is 24.3 Å². The molecule has 0 atom stereocenters. The summed E-state index contributed by atoms with van der Waals surface area (Å²) < 4.78 is 5.33. The van der Waals surface area contributed by atoms with Crippen LogP contribution in [-0.2, 0) is 9.59 Å². The molecule has 8 heteroatoms. The summed E-state index contributed by atoms with van der Waals surface area (Å²) >= 11 is 11.8. The van der Waals surface area contributed by atoms with Gasteiger partial charge in [0, 0.05) is 15.7 Å². The summed E-state index contributed by atoms with van der Waals surface area (Å²) in [6.45, 7) is 0.0175. The molecule has 0 aliphatic heterocycles. The molecule has 6 nitrogen and oxygen atoms in total. The Kier molecular flexibility index (Phi) is 7.24. The highest BCUT2D eigenvalue weighted by Crippen LogP contribution is 2.23. The van der Waals surface area contributed by atoms with Gasteiger partial charge in [0.2, 0.25) is 0 Å². The van der Waals surface area contributed by atoms with Crippen LogP contribution in [0.5, 0.6) is 5.75 Å². The standard InChI is InChI=1S/C19H14Cl2N2O4/c20-14-8-15(21)10-16(9-14)23-19(26)13(11-22)6-12-2-1-3-17(7-12)27-5-4-18(24)25/h1-3,6-10H,4-5H2,(H,23,26)(H,24,25)/b13-6+. The van der Waals surface area contributed by atoms with Crippen molar-refractivity contribution in [3.05, 3.63) is 63.6 Å². The summed E-state index contributed by atoms with van der Waals surface area (Å²) in [5.41, 5.74) is 0.789. The first-order valence-corrected chi connectivity index (χ1v) is 8.47. The molecule has 0 aliphatic carbocycles. The number of carbonyl (C=O) groups is 2. The molecule has 27 heavy (non-hydrogen) atoms. The third-order valence-electron chi connectivity index (χ3n) is 3.24. The van der Waals surface area contributed by atoms with E-state index >= 15 is 0 Å². The van der Waals surface area contributed by atoms with Gasteiger partial charge in [0.15, 0.2) is 0 Å². The molecule has 0 saturated heterocycles. The Morgan fingerprint density at radius 3 is 2.52 bits per heavy atom. The first kappa shape index (κ1) is 20.3. The van der Waals surface area contributed by atoms with Gasteiger partial charge in [0.05, 0.1) is 13.0 Å². The Hall–Kier alpha value is -3.01. The van der Waals surface area contributed by atoms with E-state index in [2.05, 4.69) is 5.32 Å². The Morgan fingerprint density at radius 1 is 1.19 bits per heavy atom. The van der Waals surface area contributed by atoms with Crippen molar-refractivity contribution in [2.24, 2.45) is 0 Å². The molecule has 0 heterocycles. The van der Waals surface area contributed by atoms with Crippen molar-refractivity contribution < 1.29 is 19.4 Å². The topological polar surface area (TPSA) is 99.4 Å². The fourth-order valence-electron chi connectivity index (χ4n) is 2.09. The highest BCUT2D eigenvalue weighted by Gasteiger charge is 2.11. The van der Waals surface area contributed by atoms with Crippen LogP contribution in [0.25, 0.3) is 6.08 Å². The quantitative estimate of drug-likeness (QED) is 0.526. The molecular formula is C19H14Cl2N2O4. The second kappa shape index (κ2) is 9.62. The molecule has 0 bridgehead atoms. The average Bonchev–Trinajstić information content (AvgIpc) is 2.58. The predicted octanol–water partition coefficient (Wildman–Crippen LogP) is 4.39. The number of amides is 1. The maximum absolute atomic E-state index is 12.3. The van der Waals surface area contributed by atoms with Crippen molar-refractivity contribution in [3.63, 3.8) is 0 Å². The number of aliphatic carboxylic acids is 1. The minimum Gasteiger partial charge on any atom is -0.493 e. The van der Waals surface area contributed by atoms with Gasteiger partial charge >= 0.3 is 5.97 Å². The summed E-state index contributed by atoms with van der Waals surface area (Å²) in [4.78, 5) is 22.8. The molecule has 2 rings (SSSR count). The van der Waals surface area contributed by atoms with E-state index in [1.165, 1.54) is 24.3 Å². The second-order valence-corrected chi connectivity index (χ2v) is 6.22. The highest BCUT2D eigenvalue weighted by atomic mass is 35.5. The van der Waals surface area contributed by atoms with Crippen LogP contribution < -0.4 is 10.1 Å². The van der Waals surface area contributed by atoms with Gasteiger partial charge in [-0.25, -0.2) is 0 Å². The number of nitrogens with one attached hydrogen (secondary N) is 1. The normalized spacial score (nSPS) is 10.8. The maximum atomic E-state index is 12.3. The molecule has 0 aromatic heterocycles. The first-order chi connectivity index (χ1) is 12.9. The van der Waals surface area contributed by atoms with Crippen molar-refractivity contribution in [2.45, 2.75) is 6.42 Å². The van der Waals surface area contributed by atoms with Crippen molar-refractivity contribution in [2.75, 3.05) is 11.9 Å². The third-order valence-corrected chi connectivity index (χ3v) is 3.68. The van der Waals surface area contributed by atoms with E-state index in [0.29, 0.717) is 27.0 Å². The molecule has 2 N–H and O–H groups in total. The number of carboxylic acids is 1. The minimum absolute atomic E-state index is 0.0175. The lowest BCUT2D eigenvalue weighted by Gasteiger charge is -2.07. The van der Waals surface area contributed by atoms with Crippen molar-refractivity contribution in [1.82, 2.24) is 0 Å². The summed E-state index contributed by atoms with van der Waals surface area (Å²) in [6, 6.07) is 13.0. The maximum Gasteiger partial charge on any atom is 0.306 e. The molecule has 2 aromatic carbocycles. The Balaban J connectivity index is 2.13. The molecule has 1 amide bonds. The number of carbonyl (C=O) groups excluding carboxylic acids is 1.